The Labute approximate surface area is 205 Å². The van der Waals surface area contributed by atoms with Crippen LogP contribution in [0.25, 0.3) is 0 Å². The van der Waals surface area contributed by atoms with Gasteiger partial charge >= 0.3 is 11.9 Å². The molecule has 0 aliphatic carbocycles. The number of primary amides is 1. The van der Waals surface area contributed by atoms with E-state index in [1.807, 2.05) is 0 Å². The highest BCUT2D eigenvalue weighted by Crippen LogP contribution is 2.06. The van der Waals surface area contributed by atoms with Crippen molar-refractivity contribution in [2.75, 3.05) is 6.54 Å². The molecule has 4 amide bonds. The first-order valence-corrected chi connectivity index (χ1v) is 11.0. The summed E-state index contributed by atoms with van der Waals surface area (Å²) in [6.45, 7) is 0.322. The molecule has 0 bridgehead atoms. The van der Waals surface area contributed by atoms with Gasteiger partial charge in [-0.1, -0.05) is 0 Å². The Bertz CT molecular complexity index is 923. The number of aromatic amines is 1. The van der Waals surface area contributed by atoms with Gasteiger partial charge in [-0.2, -0.15) is 0 Å². The predicted molar refractivity (Wildman–Crippen MR) is 123 cm³/mol. The van der Waals surface area contributed by atoms with Crippen molar-refractivity contribution >= 4 is 35.6 Å². The zero-order valence-electron chi connectivity index (χ0n) is 19.4. The number of carboxylic acid groups (broad SMARTS) is 2. The summed E-state index contributed by atoms with van der Waals surface area (Å²) in [7, 11) is 0. The van der Waals surface area contributed by atoms with E-state index in [-0.39, 0.29) is 12.8 Å². The third-order valence-corrected chi connectivity index (χ3v) is 4.94. The van der Waals surface area contributed by atoms with Crippen LogP contribution in [0.1, 0.15) is 37.8 Å². The number of aliphatic carboxylic acids is 2. The summed E-state index contributed by atoms with van der Waals surface area (Å²) in [5.74, 6) is -6.38. The quantitative estimate of drug-likeness (QED) is 0.0915. The van der Waals surface area contributed by atoms with Gasteiger partial charge in [-0.05, 0) is 25.8 Å². The molecular weight excluding hydrogens is 480 g/mol. The lowest BCUT2D eigenvalue weighted by molar-refractivity contribution is -0.143. The van der Waals surface area contributed by atoms with E-state index >= 15 is 0 Å². The van der Waals surface area contributed by atoms with Crippen LogP contribution in [0.15, 0.2) is 12.5 Å². The second-order valence-electron chi connectivity index (χ2n) is 7.96. The summed E-state index contributed by atoms with van der Waals surface area (Å²) in [5, 5.41) is 25.1. The monoisotopic (exact) mass is 512 g/mol. The summed E-state index contributed by atoms with van der Waals surface area (Å²) in [4.78, 5) is 78.2. The van der Waals surface area contributed by atoms with Gasteiger partial charge in [-0.25, -0.2) is 9.78 Å². The lowest BCUT2D eigenvalue weighted by Crippen LogP contribution is -2.58. The molecule has 0 radical (unpaired) electrons. The molecule has 16 nitrogen and oxygen atoms in total. The van der Waals surface area contributed by atoms with Crippen molar-refractivity contribution in [3.8, 4) is 0 Å². The Hall–Kier alpha value is -4.05. The van der Waals surface area contributed by atoms with E-state index in [2.05, 4.69) is 25.9 Å². The first-order chi connectivity index (χ1) is 16.9. The van der Waals surface area contributed by atoms with Crippen molar-refractivity contribution in [1.82, 2.24) is 25.9 Å². The smallest absolute Gasteiger partial charge is 0.326 e. The van der Waals surface area contributed by atoms with Crippen LogP contribution in [-0.2, 0) is 35.2 Å². The lowest BCUT2D eigenvalue weighted by Gasteiger charge is -2.25. The normalized spacial score (nSPS) is 14.1. The van der Waals surface area contributed by atoms with Crippen molar-refractivity contribution in [3.05, 3.63) is 18.2 Å². The fourth-order valence-corrected chi connectivity index (χ4v) is 3.09. The summed E-state index contributed by atoms with van der Waals surface area (Å²) < 4.78 is 0. The molecule has 0 saturated carbocycles. The molecule has 1 aromatic heterocycles. The number of carbonyl (C=O) groups is 6. The number of nitrogens with one attached hydrogen (secondary N) is 4. The van der Waals surface area contributed by atoms with Crippen LogP contribution in [0.4, 0.5) is 0 Å². The number of amides is 4. The van der Waals surface area contributed by atoms with Crippen LogP contribution >= 0.6 is 0 Å². The molecule has 0 aliphatic rings. The number of nitrogens with two attached hydrogens (primary N) is 3. The molecule has 0 saturated heterocycles. The third-order valence-electron chi connectivity index (χ3n) is 4.94. The topological polar surface area (TPSA) is 286 Å². The number of imidazole rings is 1. The van der Waals surface area contributed by atoms with Crippen molar-refractivity contribution in [1.29, 1.82) is 0 Å². The second-order valence-corrected chi connectivity index (χ2v) is 7.96. The highest BCUT2D eigenvalue weighted by molar-refractivity contribution is 5.95. The number of carboxylic acids is 2. The Kier molecular flexibility index (Phi) is 12.5. The number of carbonyl (C=O) groups excluding carboxylic acids is 4. The Morgan fingerprint density at radius 3 is 2.06 bits per heavy atom. The van der Waals surface area contributed by atoms with Crippen molar-refractivity contribution < 1.29 is 39.0 Å². The summed E-state index contributed by atoms with van der Waals surface area (Å²) in [6, 6.07) is -5.58. The van der Waals surface area contributed by atoms with Gasteiger partial charge in [0.1, 0.15) is 18.1 Å². The lowest BCUT2D eigenvalue weighted by atomic mass is 10.0. The minimum Gasteiger partial charge on any atom is -0.481 e. The molecule has 0 aliphatic heterocycles. The van der Waals surface area contributed by atoms with Crippen LogP contribution in [0.5, 0.6) is 0 Å². The third kappa shape index (κ3) is 10.9. The maximum atomic E-state index is 13.0. The maximum Gasteiger partial charge on any atom is 0.326 e. The van der Waals surface area contributed by atoms with E-state index in [4.69, 9.17) is 22.3 Å². The van der Waals surface area contributed by atoms with Crippen LogP contribution in [0.3, 0.4) is 0 Å². The summed E-state index contributed by atoms with van der Waals surface area (Å²) >= 11 is 0. The number of H-pyrrole nitrogens is 1. The highest BCUT2D eigenvalue weighted by Gasteiger charge is 2.31. The number of hydrogen-bond donors (Lipinski definition) is 9. The fourth-order valence-electron chi connectivity index (χ4n) is 3.09. The van der Waals surface area contributed by atoms with Crippen LogP contribution < -0.4 is 33.2 Å². The first kappa shape index (κ1) is 30.0. The van der Waals surface area contributed by atoms with Gasteiger partial charge in [-0.3, -0.25) is 24.0 Å². The molecule has 4 atom stereocenters. The molecule has 0 spiro atoms. The van der Waals surface area contributed by atoms with Gasteiger partial charge in [0.25, 0.3) is 0 Å². The molecule has 0 aromatic carbocycles. The number of rotatable bonds is 17. The van der Waals surface area contributed by atoms with Gasteiger partial charge in [0.15, 0.2) is 0 Å². The van der Waals surface area contributed by atoms with Crippen LogP contribution in [0.2, 0.25) is 0 Å². The second kappa shape index (κ2) is 15.0. The minimum atomic E-state index is -1.63. The molecular formula is C20H32N8O8. The van der Waals surface area contributed by atoms with Gasteiger partial charge in [-0.15, -0.1) is 0 Å². The van der Waals surface area contributed by atoms with Gasteiger partial charge in [0.05, 0.1) is 25.2 Å². The van der Waals surface area contributed by atoms with E-state index in [0.717, 1.165) is 0 Å². The number of unbranched alkanes of at least 4 members (excludes halogenated alkanes) is 1. The zero-order valence-corrected chi connectivity index (χ0v) is 19.4. The van der Waals surface area contributed by atoms with Gasteiger partial charge in [0.2, 0.25) is 23.6 Å². The fraction of sp³-hybridized carbons (Fsp3) is 0.550. The van der Waals surface area contributed by atoms with Crippen molar-refractivity contribution in [2.45, 2.75) is 62.7 Å². The van der Waals surface area contributed by atoms with Crippen molar-refractivity contribution in [3.63, 3.8) is 0 Å². The average molecular weight is 513 g/mol. The molecule has 1 heterocycles. The predicted octanol–water partition coefficient (Wildman–Crippen LogP) is -3.70. The molecule has 16 heteroatoms. The van der Waals surface area contributed by atoms with E-state index in [1.165, 1.54) is 12.5 Å². The number of aromatic nitrogens is 2. The molecule has 0 fully saturated rings. The van der Waals surface area contributed by atoms with E-state index in [9.17, 15) is 33.9 Å². The SMILES string of the molecule is NCCCCC(NC(=O)C(N)CC(=O)O)C(=O)NC(Cc1cnc[nH]1)C(=O)NC(CC(N)=O)C(=O)O. The van der Waals surface area contributed by atoms with Crippen molar-refractivity contribution in [2.24, 2.45) is 17.2 Å². The van der Waals surface area contributed by atoms with Gasteiger partial charge in [0, 0.05) is 18.3 Å². The maximum absolute atomic E-state index is 13.0. The molecule has 4 unspecified atom stereocenters. The number of nitrogens with zero attached hydrogens (tertiary/aromatic N) is 1. The highest BCUT2D eigenvalue weighted by atomic mass is 16.4. The summed E-state index contributed by atoms with van der Waals surface area (Å²) in [5.41, 5.74) is 16.5. The standard InChI is InChI=1S/C20H32N8O8/c21-4-2-1-3-12(26-17(32)11(22)6-16(30)31)18(33)27-13(5-10-8-24-9-25-10)19(34)28-14(20(35)36)7-15(23)29/h8-9,11-14H,1-7,21-22H2,(H2,23,29)(H,24,25)(H,26,32)(H,27,33)(H,28,34)(H,30,31)(H,35,36). The Morgan fingerprint density at radius 2 is 1.53 bits per heavy atom. The molecule has 1 rings (SSSR count). The molecule has 1 aromatic rings. The van der Waals surface area contributed by atoms with Crippen LogP contribution in [0, 0.1) is 0 Å². The Balaban J connectivity index is 3.07. The van der Waals surface area contributed by atoms with Gasteiger partial charge < -0.3 is 48.3 Å². The average Bonchev–Trinajstić information content (AvgIpc) is 3.29. The number of hydrogen-bond acceptors (Lipinski definition) is 9. The minimum absolute atomic E-state index is 0.104. The molecule has 36 heavy (non-hydrogen) atoms. The zero-order chi connectivity index (χ0) is 27.3. The van der Waals surface area contributed by atoms with E-state index < -0.39 is 72.6 Å². The van der Waals surface area contributed by atoms with E-state index in [1.54, 1.807) is 0 Å². The van der Waals surface area contributed by atoms with Crippen LogP contribution in [-0.4, -0.2) is 86.5 Å². The molecule has 12 N–H and O–H groups in total. The van der Waals surface area contributed by atoms with E-state index in [0.29, 0.717) is 25.1 Å². The first-order valence-electron chi connectivity index (χ1n) is 11.0. The largest absolute Gasteiger partial charge is 0.481 e. The molecule has 200 valence electrons. The Morgan fingerprint density at radius 1 is 0.917 bits per heavy atom. The summed E-state index contributed by atoms with van der Waals surface area (Å²) in [6.07, 6.45) is 2.28.